The lowest BCUT2D eigenvalue weighted by Gasteiger charge is -2.25. The third-order valence-electron chi connectivity index (χ3n) is 8.29. The normalized spacial score (nSPS) is 12.0. The molecule has 44 heavy (non-hydrogen) atoms. The molecule has 2 heterocycles. The molecule has 0 atom stereocenters. The highest BCUT2D eigenvalue weighted by Gasteiger charge is 2.21. The number of para-hydroxylation sites is 2. The Balaban J connectivity index is 1.48. The second-order valence-electron chi connectivity index (χ2n) is 11.2. The molecular weight excluding hydrogens is 536 g/mol. The van der Waals surface area contributed by atoms with E-state index in [1.807, 2.05) is 39.0 Å². The number of allylic oxidation sites excluding steroid dienone is 5. The average molecular weight is 571 g/mol. The Morgan fingerprint density at radius 1 is 0.705 bits per heavy atom. The fraction of sp³-hybridized carbons (Fsp3) is 0.0732. The lowest BCUT2D eigenvalue weighted by atomic mass is 9.97. The van der Waals surface area contributed by atoms with Gasteiger partial charge in [0.2, 0.25) is 0 Å². The van der Waals surface area contributed by atoms with Crippen molar-refractivity contribution in [3.05, 3.63) is 152 Å². The molecule has 0 fully saturated rings. The molecule has 0 bridgehead atoms. The number of benzene rings is 5. The molecule has 2 aromatic heterocycles. The zero-order chi connectivity index (χ0) is 30.4. The van der Waals surface area contributed by atoms with Crippen LogP contribution in [0.1, 0.15) is 26.3 Å². The molecule has 5 aromatic carbocycles. The summed E-state index contributed by atoms with van der Waals surface area (Å²) in [6.45, 7) is 14.9. The van der Waals surface area contributed by atoms with E-state index in [1.54, 1.807) is 0 Å². The molecule has 0 radical (unpaired) electrons. The van der Waals surface area contributed by atoms with Crippen LogP contribution in [0.4, 0.5) is 5.69 Å². The first-order chi connectivity index (χ1) is 21.5. The Morgan fingerprint density at radius 3 is 2.25 bits per heavy atom. The van der Waals surface area contributed by atoms with Gasteiger partial charge >= 0.3 is 0 Å². The summed E-state index contributed by atoms with van der Waals surface area (Å²) in [5, 5.41) is 4.62. The minimum atomic E-state index is 0.903. The molecule has 0 unspecified atom stereocenters. The van der Waals surface area contributed by atoms with Crippen molar-refractivity contribution in [1.29, 1.82) is 0 Å². The Hall–Kier alpha value is -5.54. The summed E-state index contributed by atoms with van der Waals surface area (Å²) in [7, 11) is 0. The van der Waals surface area contributed by atoms with Crippen molar-refractivity contribution in [3.8, 4) is 16.8 Å². The summed E-state index contributed by atoms with van der Waals surface area (Å²) in [5.41, 5.74) is 11.6. The quantitative estimate of drug-likeness (QED) is 0.178. The van der Waals surface area contributed by atoms with Gasteiger partial charge in [-0.2, -0.15) is 0 Å². The van der Waals surface area contributed by atoms with Crippen LogP contribution in [0.2, 0.25) is 0 Å². The van der Waals surface area contributed by atoms with Gasteiger partial charge in [-0.25, -0.2) is 0 Å². The van der Waals surface area contributed by atoms with Gasteiger partial charge in [0, 0.05) is 44.7 Å². The van der Waals surface area contributed by atoms with Crippen LogP contribution in [-0.4, -0.2) is 4.57 Å². The minimum absolute atomic E-state index is 0.903. The van der Waals surface area contributed by atoms with Crippen LogP contribution in [0.5, 0.6) is 0 Å². The van der Waals surface area contributed by atoms with Gasteiger partial charge in [-0.3, -0.25) is 0 Å². The molecule has 0 aliphatic rings. The lowest BCUT2D eigenvalue weighted by Crippen LogP contribution is -2.14. The molecule has 7 rings (SSSR count). The van der Waals surface area contributed by atoms with Crippen molar-refractivity contribution in [3.63, 3.8) is 0 Å². The number of rotatable bonds is 7. The van der Waals surface area contributed by atoms with Crippen molar-refractivity contribution in [2.75, 3.05) is 4.90 Å². The van der Waals surface area contributed by atoms with E-state index in [9.17, 15) is 0 Å². The zero-order valence-electron chi connectivity index (χ0n) is 25.3. The summed E-state index contributed by atoms with van der Waals surface area (Å²) in [6, 6.07) is 36.6. The second-order valence-corrected chi connectivity index (χ2v) is 11.2. The maximum absolute atomic E-state index is 6.10. The predicted molar refractivity (Wildman–Crippen MR) is 189 cm³/mol. The van der Waals surface area contributed by atoms with Crippen LogP contribution < -0.4 is 4.90 Å². The molecule has 0 amide bonds. The standard InChI is InChI=1S/C41H34N2O/c1-6-13-28(5)40-36(42(24-7-2)27(3)4)21-22-37-41(40)33-17-8-10-18-35(33)43(37)31-15-12-14-29(25-31)30-20-23-39-34(26-30)32-16-9-11-19-38(32)44-39/h6-26H,3,5H2,1-2,4H3/b13-6-,24-7-. The molecule has 0 saturated carbocycles. The Bertz CT molecular complexity index is 2310. The predicted octanol–water partition coefficient (Wildman–Crippen LogP) is 11.8. The van der Waals surface area contributed by atoms with Crippen LogP contribution >= 0.6 is 0 Å². The summed E-state index contributed by atoms with van der Waals surface area (Å²) >= 11 is 0. The number of aromatic nitrogens is 1. The first kappa shape index (κ1) is 27.3. The lowest BCUT2D eigenvalue weighted by molar-refractivity contribution is 0.669. The topological polar surface area (TPSA) is 21.3 Å². The molecule has 0 aliphatic heterocycles. The average Bonchev–Trinajstić information content (AvgIpc) is 3.58. The van der Waals surface area contributed by atoms with Crippen LogP contribution in [0.25, 0.3) is 66.1 Å². The van der Waals surface area contributed by atoms with Crippen LogP contribution in [0.15, 0.2) is 151 Å². The van der Waals surface area contributed by atoms with E-state index in [4.69, 9.17) is 4.42 Å². The molecule has 3 nitrogen and oxygen atoms in total. The highest BCUT2D eigenvalue weighted by atomic mass is 16.3. The highest BCUT2D eigenvalue weighted by molar-refractivity contribution is 6.16. The van der Waals surface area contributed by atoms with Crippen LogP contribution in [0.3, 0.4) is 0 Å². The number of nitrogens with zero attached hydrogens (tertiary/aromatic N) is 2. The number of fused-ring (bicyclic) bond motifs is 6. The Kier molecular flexibility index (Phi) is 6.79. The van der Waals surface area contributed by atoms with Gasteiger partial charge in [0.15, 0.2) is 0 Å². The molecule has 0 N–H and O–H groups in total. The smallest absolute Gasteiger partial charge is 0.135 e. The molecule has 0 aliphatic carbocycles. The van der Waals surface area contributed by atoms with Crippen LogP contribution in [-0.2, 0) is 0 Å². The summed E-state index contributed by atoms with van der Waals surface area (Å²) in [6.07, 6.45) is 8.25. The molecule has 7 aromatic rings. The fourth-order valence-corrected chi connectivity index (χ4v) is 6.43. The summed E-state index contributed by atoms with van der Waals surface area (Å²) in [4.78, 5) is 2.14. The maximum atomic E-state index is 6.10. The van der Waals surface area contributed by atoms with Gasteiger partial charge in [-0.1, -0.05) is 86.0 Å². The van der Waals surface area contributed by atoms with E-state index in [0.717, 1.165) is 72.3 Å². The minimum Gasteiger partial charge on any atom is -0.456 e. The van der Waals surface area contributed by atoms with Gasteiger partial charge < -0.3 is 13.9 Å². The largest absolute Gasteiger partial charge is 0.456 e. The molecular formula is C41H34N2O. The highest BCUT2D eigenvalue weighted by Crippen LogP contribution is 2.43. The number of anilines is 1. The fourth-order valence-electron chi connectivity index (χ4n) is 6.43. The summed E-state index contributed by atoms with van der Waals surface area (Å²) < 4.78 is 8.47. The SMILES string of the molecule is C=C(/C=C\C)c1c(N(/C=C\C)C(=C)C)ccc2c1c1ccccc1n2-c1cccc(-c2ccc3oc4ccccc4c3c2)c1. The van der Waals surface area contributed by atoms with E-state index >= 15 is 0 Å². The van der Waals surface area contributed by atoms with Crippen molar-refractivity contribution in [2.45, 2.75) is 20.8 Å². The van der Waals surface area contributed by atoms with Gasteiger partial charge in [0.1, 0.15) is 11.2 Å². The van der Waals surface area contributed by atoms with Crippen molar-refractivity contribution in [1.82, 2.24) is 4.57 Å². The van der Waals surface area contributed by atoms with Crippen molar-refractivity contribution < 1.29 is 4.42 Å². The first-order valence-electron chi connectivity index (χ1n) is 15.0. The monoisotopic (exact) mass is 570 g/mol. The third kappa shape index (κ3) is 4.37. The number of hydrogen-bond donors (Lipinski definition) is 0. The van der Waals surface area contributed by atoms with Gasteiger partial charge in [0.25, 0.3) is 0 Å². The Morgan fingerprint density at radius 2 is 1.45 bits per heavy atom. The van der Waals surface area contributed by atoms with Gasteiger partial charge in [0.05, 0.1) is 16.7 Å². The molecule has 3 heteroatoms. The Labute approximate surface area is 258 Å². The molecule has 214 valence electrons. The van der Waals surface area contributed by atoms with Crippen molar-refractivity contribution >= 4 is 55.0 Å². The first-order valence-corrected chi connectivity index (χ1v) is 15.0. The van der Waals surface area contributed by atoms with E-state index < -0.39 is 0 Å². The van der Waals surface area contributed by atoms with E-state index in [-0.39, 0.29) is 0 Å². The maximum Gasteiger partial charge on any atom is 0.135 e. The second kappa shape index (κ2) is 10.9. The molecule has 0 spiro atoms. The van der Waals surface area contributed by atoms with Crippen LogP contribution in [0, 0.1) is 0 Å². The van der Waals surface area contributed by atoms with E-state index in [1.165, 1.54) is 10.8 Å². The number of hydrogen-bond acceptors (Lipinski definition) is 2. The van der Waals surface area contributed by atoms with E-state index in [2.05, 4.69) is 132 Å². The van der Waals surface area contributed by atoms with Crippen molar-refractivity contribution in [2.24, 2.45) is 0 Å². The zero-order valence-corrected chi connectivity index (χ0v) is 25.3. The number of furan rings is 1. The summed E-state index contributed by atoms with van der Waals surface area (Å²) in [5.74, 6) is 0. The van der Waals surface area contributed by atoms with Gasteiger partial charge in [-0.15, -0.1) is 0 Å². The van der Waals surface area contributed by atoms with E-state index in [0.29, 0.717) is 0 Å². The third-order valence-corrected chi connectivity index (χ3v) is 8.29. The molecule has 0 saturated heterocycles. The van der Waals surface area contributed by atoms with Gasteiger partial charge in [-0.05, 0) is 86.0 Å².